The van der Waals surface area contributed by atoms with Crippen LogP contribution >= 0.6 is 0 Å². The molecule has 0 unspecified atom stereocenters. The number of halogens is 1. The Labute approximate surface area is 145 Å². The van der Waals surface area contributed by atoms with E-state index in [0.717, 1.165) is 40.8 Å². The second-order valence-electron chi connectivity index (χ2n) is 5.97. The molecule has 4 rings (SSSR count). The summed E-state index contributed by atoms with van der Waals surface area (Å²) in [5, 5.41) is 9.70. The number of pyridine rings is 1. The highest BCUT2D eigenvalue weighted by Gasteiger charge is 2.26. The molecule has 0 saturated heterocycles. The van der Waals surface area contributed by atoms with Crippen LogP contribution < -0.4 is 4.74 Å². The van der Waals surface area contributed by atoms with E-state index in [2.05, 4.69) is 17.1 Å². The number of rotatable bonds is 2. The average Bonchev–Trinajstić information content (AvgIpc) is 2.67. The Morgan fingerprint density at radius 3 is 2.56 bits per heavy atom. The molecule has 1 aromatic heterocycles. The van der Waals surface area contributed by atoms with E-state index in [0.29, 0.717) is 11.4 Å². The second kappa shape index (κ2) is 6.03. The summed E-state index contributed by atoms with van der Waals surface area (Å²) in [6.45, 7) is 0. The second-order valence-corrected chi connectivity index (χ2v) is 5.97. The molecule has 25 heavy (non-hydrogen) atoms. The number of benzene rings is 2. The first-order chi connectivity index (χ1) is 12.2. The van der Waals surface area contributed by atoms with Crippen LogP contribution in [0.1, 0.15) is 16.7 Å². The van der Waals surface area contributed by atoms with Gasteiger partial charge >= 0.3 is 0 Å². The van der Waals surface area contributed by atoms with Crippen LogP contribution in [0.4, 0.5) is 4.39 Å². The van der Waals surface area contributed by atoms with E-state index in [1.165, 1.54) is 24.8 Å². The molecule has 1 aliphatic rings. The van der Waals surface area contributed by atoms with Crippen LogP contribution in [0.3, 0.4) is 0 Å². The lowest BCUT2D eigenvalue weighted by Crippen LogP contribution is -2.10. The molecule has 0 N–H and O–H groups in total. The van der Waals surface area contributed by atoms with Crippen LogP contribution in [-0.2, 0) is 12.8 Å². The molecular weight excluding hydrogens is 315 g/mol. The Morgan fingerprint density at radius 2 is 1.84 bits per heavy atom. The van der Waals surface area contributed by atoms with Gasteiger partial charge in [0.2, 0.25) is 5.88 Å². The number of ether oxygens (including phenoxy) is 1. The van der Waals surface area contributed by atoms with Crippen LogP contribution in [0.2, 0.25) is 0 Å². The normalized spacial score (nSPS) is 12.0. The summed E-state index contributed by atoms with van der Waals surface area (Å²) < 4.78 is 18.8. The lowest BCUT2D eigenvalue weighted by molar-refractivity contribution is 0.397. The molecule has 3 nitrogen and oxygen atoms in total. The minimum atomic E-state index is -0.303. The summed E-state index contributed by atoms with van der Waals surface area (Å²) >= 11 is 0. The molecule has 4 heteroatoms. The fourth-order valence-corrected chi connectivity index (χ4v) is 3.48. The van der Waals surface area contributed by atoms with Gasteiger partial charge in [0, 0.05) is 11.1 Å². The highest BCUT2D eigenvalue weighted by atomic mass is 19.1. The summed E-state index contributed by atoms with van der Waals surface area (Å²) in [6, 6.07) is 16.6. The first kappa shape index (κ1) is 15.3. The maximum absolute atomic E-state index is 13.4. The smallest absolute Gasteiger partial charge is 0.232 e. The Bertz CT molecular complexity index is 1000. The van der Waals surface area contributed by atoms with Gasteiger partial charge in [-0.3, -0.25) is 0 Å². The molecule has 122 valence electrons. The Kier molecular flexibility index (Phi) is 3.70. The highest BCUT2D eigenvalue weighted by Crippen LogP contribution is 2.42. The largest absolute Gasteiger partial charge is 0.480 e. The molecular formula is C21H15FN2O. The maximum atomic E-state index is 13.4. The Balaban J connectivity index is 2.07. The molecule has 0 fully saturated rings. The molecule has 0 bridgehead atoms. The first-order valence-corrected chi connectivity index (χ1v) is 8.08. The van der Waals surface area contributed by atoms with Gasteiger partial charge in [-0.2, -0.15) is 5.26 Å². The number of aromatic nitrogens is 1. The van der Waals surface area contributed by atoms with Gasteiger partial charge in [-0.15, -0.1) is 0 Å². The van der Waals surface area contributed by atoms with Crippen molar-refractivity contribution in [2.45, 2.75) is 12.8 Å². The standard InChI is InChI=1S/C21H15FN2O/c1-25-21-18(12-23)19(14-6-9-15(22)10-7-14)17-11-8-13-4-2-3-5-16(13)20(17)24-21/h2-7,9-10H,8,11H2,1H3. The quantitative estimate of drug-likeness (QED) is 0.693. The van der Waals surface area contributed by atoms with E-state index in [1.807, 2.05) is 18.2 Å². The van der Waals surface area contributed by atoms with Crippen LogP contribution in [0.25, 0.3) is 22.4 Å². The summed E-state index contributed by atoms with van der Waals surface area (Å²) in [4.78, 5) is 4.63. The number of nitrogens with zero attached hydrogens (tertiary/aromatic N) is 2. The molecule has 1 heterocycles. The molecule has 0 atom stereocenters. The Hall–Kier alpha value is -3.19. The lowest BCUT2D eigenvalue weighted by atomic mass is 9.83. The van der Waals surface area contributed by atoms with Crippen LogP contribution in [0.15, 0.2) is 48.5 Å². The SMILES string of the molecule is COc1nc2c(c(-c3ccc(F)cc3)c1C#N)CCc1ccccc1-2. The molecule has 0 spiro atoms. The van der Waals surface area contributed by atoms with Gasteiger partial charge in [0.1, 0.15) is 17.4 Å². The number of aryl methyl sites for hydroxylation is 1. The third kappa shape index (κ3) is 2.45. The molecule has 3 aromatic rings. The average molecular weight is 330 g/mol. The van der Waals surface area contributed by atoms with Crippen molar-refractivity contribution in [1.29, 1.82) is 5.26 Å². The number of hydrogen-bond acceptors (Lipinski definition) is 3. The van der Waals surface area contributed by atoms with Crippen molar-refractivity contribution in [2.24, 2.45) is 0 Å². The van der Waals surface area contributed by atoms with Gasteiger partial charge in [0.05, 0.1) is 12.8 Å². The predicted molar refractivity (Wildman–Crippen MR) is 93.7 cm³/mol. The van der Waals surface area contributed by atoms with Crippen LogP contribution in [0.5, 0.6) is 5.88 Å². The van der Waals surface area contributed by atoms with Crippen molar-refractivity contribution < 1.29 is 9.13 Å². The topological polar surface area (TPSA) is 45.9 Å². The van der Waals surface area contributed by atoms with E-state index in [4.69, 9.17) is 4.74 Å². The Morgan fingerprint density at radius 1 is 1.08 bits per heavy atom. The van der Waals surface area contributed by atoms with Gasteiger partial charge in [-0.1, -0.05) is 36.4 Å². The third-order valence-corrected chi connectivity index (χ3v) is 4.62. The molecule has 0 radical (unpaired) electrons. The maximum Gasteiger partial charge on any atom is 0.232 e. The van der Waals surface area contributed by atoms with Crippen molar-refractivity contribution in [3.8, 4) is 34.3 Å². The van der Waals surface area contributed by atoms with Crippen molar-refractivity contribution >= 4 is 0 Å². The zero-order valence-corrected chi connectivity index (χ0v) is 13.7. The van der Waals surface area contributed by atoms with Gasteiger partial charge in [-0.05, 0) is 41.7 Å². The molecule has 0 amide bonds. The molecule has 1 aliphatic carbocycles. The molecule has 0 aliphatic heterocycles. The van der Waals surface area contributed by atoms with Crippen molar-refractivity contribution in [3.05, 3.63) is 71.0 Å². The minimum Gasteiger partial charge on any atom is -0.480 e. The van der Waals surface area contributed by atoms with E-state index >= 15 is 0 Å². The van der Waals surface area contributed by atoms with Crippen molar-refractivity contribution in [1.82, 2.24) is 4.98 Å². The van der Waals surface area contributed by atoms with Gasteiger partial charge in [0.15, 0.2) is 0 Å². The van der Waals surface area contributed by atoms with Crippen molar-refractivity contribution in [3.63, 3.8) is 0 Å². The van der Waals surface area contributed by atoms with Gasteiger partial charge in [0.25, 0.3) is 0 Å². The summed E-state index contributed by atoms with van der Waals surface area (Å²) in [5.41, 5.74) is 6.15. The van der Waals surface area contributed by atoms with Crippen LogP contribution in [-0.4, -0.2) is 12.1 Å². The lowest BCUT2D eigenvalue weighted by Gasteiger charge is -2.23. The number of methoxy groups -OCH3 is 1. The van der Waals surface area contributed by atoms with E-state index < -0.39 is 0 Å². The van der Waals surface area contributed by atoms with Gasteiger partial charge in [-0.25, -0.2) is 9.37 Å². The monoisotopic (exact) mass is 330 g/mol. The molecule has 2 aromatic carbocycles. The summed E-state index contributed by atoms with van der Waals surface area (Å²) in [5.74, 6) is -0.000213. The zero-order chi connectivity index (χ0) is 17.4. The minimum absolute atomic E-state index is 0.303. The number of fused-ring (bicyclic) bond motifs is 3. The van der Waals surface area contributed by atoms with Crippen molar-refractivity contribution in [2.75, 3.05) is 7.11 Å². The fraction of sp³-hybridized carbons (Fsp3) is 0.143. The number of nitriles is 1. The summed E-state index contributed by atoms with van der Waals surface area (Å²) in [7, 11) is 1.51. The summed E-state index contributed by atoms with van der Waals surface area (Å²) in [6.07, 6.45) is 1.67. The fourth-order valence-electron chi connectivity index (χ4n) is 3.48. The third-order valence-electron chi connectivity index (χ3n) is 4.62. The number of hydrogen-bond donors (Lipinski definition) is 0. The van der Waals surface area contributed by atoms with E-state index in [-0.39, 0.29) is 5.82 Å². The van der Waals surface area contributed by atoms with E-state index in [1.54, 1.807) is 12.1 Å². The van der Waals surface area contributed by atoms with Gasteiger partial charge < -0.3 is 4.74 Å². The predicted octanol–water partition coefficient (Wildman–Crippen LogP) is 4.53. The highest BCUT2D eigenvalue weighted by molar-refractivity contribution is 5.84. The first-order valence-electron chi connectivity index (χ1n) is 8.08. The zero-order valence-electron chi connectivity index (χ0n) is 13.7. The van der Waals surface area contributed by atoms with E-state index in [9.17, 15) is 9.65 Å². The molecule has 0 saturated carbocycles. The van der Waals surface area contributed by atoms with Crippen LogP contribution in [0, 0.1) is 17.1 Å².